The van der Waals surface area contributed by atoms with Gasteiger partial charge in [0.1, 0.15) is 5.78 Å². The van der Waals surface area contributed by atoms with Crippen molar-refractivity contribution in [2.75, 3.05) is 13.7 Å². The second-order valence-corrected chi connectivity index (χ2v) is 3.21. The lowest BCUT2D eigenvalue weighted by Gasteiger charge is -2.11. The molecule has 1 unspecified atom stereocenters. The third-order valence-corrected chi connectivity index (χ3v) is 1.94. The minimum atomic E-state index is -0.232. The van der Waals surface area contributed by atoms with Gasteiger partial charge in [-0.05, 0) is 26.8 Å². The third-order valence-electron chi connectivity index (χ3n) is 1.94. The number of carbonyl (C=O) groups excluding carboxylic acids is 2. The molecule has 0 aliphatic carbocycles. The summed E-state index contributed by atoms with van der Waals surface area (Å²) < 4.78 is 4.89. The lowest BCUT2D eigenvalue weighted by atomic mass is 10.1. The standard InChI is InChI=1S/C10H19NO3/c1-4-7-14-10(13)6-5-9(11-3)8(2)12/h9,11H,4-7H2,1-3H3. The van der Waals surface area contributed by atoms with Gasteiger partial charge < -0.3 is 10.1 Å². The van der Waals surface area contributed by atoms with E-state index in [0.29, 0.717) is 19.4 Å². The molecule has 1 atom stereocenters. The van der Waals surface area contributed by atoms with Crippen LogP contribution in [0.3, 0.4) is 0 Å². The summed E-state index contributed by atoms with van der Waals surface area (Å²) >= 11 is 0. The van der Waals surface area contributed by atoms with Crippen molar-refractivity contribution in [3.8, 4) is 0 Å². The Kier molecular flexibility index (Phi) is 7.02. The van der Waals surface area contributed by atoms with E-state index in [1.54, 1.807) is 7.05 Å². The number of Topliss-reactive ketones (excluding diaryl/α,β-unsaturated/α-hetero) is 1. The molecule has 0 aromatic rings. The zero-order valence-corrected chi connectivity index (χ0v) is 9.13. The Morgan fingerprint density at radius 1 is 1.43 bits per heavy atom. The highest BCUT2D eigenvalue weighted by atomic mass is 16.5. The van der Waals surface area contributed by atoms with E-state index in [4.69, 9.17) is 4.74 Å². The predicted octanol–water partition coefficient (Wildman–Crippen LogP) is 0.897. The predicted molar refractivity (Wildman–Crippen MR) is 54.0 cm³/mol. The first-order chi connectivity index (χ1) is 6.61. The maximum atomic E-state index is 11.1. The van der Waals surface area contributed by atoms with Gasteiger partial charge in [0, 0.05) is 6.42 Å². The number of hydrogen-bond acceptors (Lipinski definition) is 4. The first kappa shape index (κ1) is 13.1. The van der Waals surface area contributed by atoms with Crippen molar-refractivity contribution >= 4 is 11.8 Å². The molecule has 14 heavy (non-hydrogen) atoms. The van der Waals surface area contributed by atoms with Crippen LogP contribution in [-0.4, -0.2) is 31.4 Å². The molecule has 0 saturated heterocycles. The average Bonchev–Trinajstić information content (AvgIpc) is 2.15. The fourth-order valence-corrected chi connectivity index (χ4v) is 1.10. The van der Waals surface area contributed by atoms with Gasteiger partial charge in [-0.15, -0.1) is 0 Å². The van der Waals surface area contributed by atoms with Gasteiger partial charge in [0.15, 0.2) is 0 Å². The van der Waals surface area contributed by atoms with Crippen LogP contribution in [0.15, 0.2) is 0 Å². The highest BCUT2D eigenvalue weighted by Crippen LogP contribution is 2.00. The highest BCUT2D eigenvalue weighted by Gasteiger charge is 2.13. The van der Waals surface area contributed by atoms with Crippen LogP contribution in [0.4, 0.5) is 0 Å². The van der Waals surface area contributed by atoms with Gasteiger partial charge in [-0.25, -0.2) is 0 Å². The number of hydrogen-bond donors (Lipinski definition) is 1. The zero-order valence-electron chi connectivity index (χ0n) is 9.13. The Morgan fingerprint density at radius 2 is 2.07 bits per heavy atom. The van der Waals surface area contributed by atoms with Crippen LogP contribution in [0, 0.1) is 0 Å². The monoisotopic (exact) mass is 201 g/mol. The van der Waals surface area contributed by atoms with Crippen molar-refractivity contribution in [1.82, 2.24) is 5.32 Å². The van der Waals surface area contributed by atoms with Crippen LogP contribution in [0.25, 0.3) is 0 Å². The number of carbonyl (C=O) groups is 2. The topological polar surface area (TPSA) is 55.4 Å². The molecule has 0 heterocycles. The van der Waals surface area contributed by atoms with Gasteiger partial charge in [-0.2, -0.15) is 0 Å². The molecule has 0 aliphatic heterocycles. The molecule has 0 aromatic carbocycles. The first-order valence-corrected chi connectivity index (χ1v) is 4.95. The zero-order chi connectivity index (χ0) is 11.0. The molecule has 82 valence electrons. The van der Waals surface area contributed by atoms with Gasteiger partial charge in [-0.1, -0.05) is 6.92 Å². The molecule has 0 aliphatic rings. The van der Waals surface area contributed by atoms with E-state index in [0.717, 1.165) is 6.42 Å². The normalized spacial score (nSPS) is 12.2. The molecule has 0 rings (SSSR count). The van der Waals surface area contributed by atoms with E-state index in [1.807, 2.05) is 6.92 Å². The number of ether oxygens (including phenoxy) is 1. The van der Waals surface area contributed by atoms with Crippen LogP contribution in [0.5, 0.6) is 0 Å². The Balaban J connectivity index is 3.68. The molecule has 0 radical (unpaired) electrons. The molecule has 0 spiro atoms. The second kappa shape index (κ2) is 7.50. The molecular weight excluding hydrogens is 182 g/mol. The third kappa shape index (κ3) is 5.70. The van der Waals surface area contributed by atoms with Crippen molar-refractivity contribution < 1.29 is 14.3 Å². The molecule has 0 saturated carbocycles. The van der Waals surface area contributed by atoms with Crippen molar-refractivity contribution in [1.29, 1.82) is 0 Å². The van der Waals surface area contributed by atoms with Gasteiger partial charge in [0.25, 0.3) is 0 Å². The number of rotatable bonds is 7. The smallest absolute Gasteiger partial charge is 0.305 e. The minimum absolute atomic E-state index is 0.0517. The number of esters is 1. The summed E-state index contributed by atoms with van der Waals surface area (Å²) in [6.45, 7) is 3.92. The number of ketones is 1. The lowest BCUT2D eigenvalue weighted by molar-refractivity contribution is -0.143. The van der Waals surface area contributed by atoms with E-state index >= 15 is 0 Å². The van der Waals surface area contributed by atoms with E-state index < -0.39 is 0 Å². The second-order valence-electron chi connectivity index (χ2n) is 3.21. The van der Waals surface area contributed by atoms with Crippen LogP contribution in [0.2, 0.25) is 0 Å². The van der Waals surface area contributed by atoms with Gasteiger partial charge in [0.2, 0.25) is 0 Å². The lowest BCUT2D eigenvalue weighted by Crippen LogP contribution is -2.32. The molecule has 0 amide bonds. The van der Waals surface area contributed by atoms with Gasteiger partial charge >= 0.3 is 5.97 Å². The van der Waals surface area contributed by atoms with Crippen LogP contribution < -0.4 is 5.32 Å². The Labute approximate surface area is 85.0 Å². The van der Waals surface area contributed by atoms with Crippen LogP contribution in [-0.2, 0) is 14.3 Å². The molecule has 4 nitrogen and oxygen atoms in total. The Bertz CT molecular complexity index is 192. The highest BCUT2D eigenvalue weighted by molar-refractivity contribution is 5.82. The quantitative estimate of drug-likeness (QED) is 0.622. The molecule has 4 heteroatoms. The van der Waals surface area contributed by atoms with E-state index in [-0.39, 0.29) is 17.8 Å². The molecule has 0 aromatic heterocycles. The maximum Gasteiger partial charge on any atom is 0.305 e. The first-order valence-electron chi connectivity index (χ1n) is 4.95. The number of likely N-dealkylation sites (N-methyl/N-ethyl adjacent to an activating group) is 1. The Hall–Kier alpha value is -0.900. The SMILES string of the molecule is CCCOC(=O)CCC(NC)C(C)=O. The minimum Gasteiger partial charge on any atom is -0.466 e. The van der Waals surface area contributed by atoms with Gasteiger partial charge in [0.05, 0.1) is 12.6 Å². The molecular formula is C10H19NO3. The van der Waals surface area contributed by atoms with Crippen molar-refractivity contribution in [2.45, 2.75) is 39.2 Å². The van der Waals surface area contributed by atoms with E-state index in [9.17, 15) is 9.59 Å². The average molecular weight is 201 g/mol. The molecule has 0 fully saturated rings. The maximum absolute atomic E-state index is 11.1. The summed E-state index contributed by atoms with van der Waals surface area (Å²) in [6.07, 6.45) is 1.63. The molecule has 1 N–H and O–H groups in total. The summed E-state index contributed by atoms with van der Waals surface area (Å²) in [4.78, 5) is 22.1. The van der Waals surface area contributed by atoms with Crippen LogP contribution >= 0.6 is 0 Å². The molecule has 0 bridgehead atoms. The summed E-state index contributed by atoms with van der Waals surface area (Å²) in [7, 11) is 1.71. The largest absolute Gasteiger partial charge is 0.466 e. The van der Waals surface area contributed by atoms with E-state index in [2.05, 4.69) is 5.32 Å². The van der Waals surface area contributed by atoms with Crippen molar-refractivity contribution in [2.24, 2.45) is 0 Å². The number of nitrogens with one attached hydrogen (secondary N) is 1. The van der Waals surface area contributed by atoms with Crippen LogP contribution in [0.1, 0.15) is 33.1 Å². The summed E-state index contributed by atoms with van der Waals surface area (Å²) in [5.41, 5.74) is 0. The fourth-order valence-electron chi connectivity index (χ4n) is 1.10. The van der Waals surface area contributed by atoms with Gasteiger partial charge in [-0.3, -0.25) is 9.59 Å². The Morgan fingerprint density at radius 3 is 2.50 bits per heavy atom. The van der Waals surface area contributed by atoms with Crippen molar-refractivity contribution in [3.05, 3.63) is 0 Å². The summed E-state index contributed by atoms with van der Waals surface area (Å²) in [5, 5.41) is 2.86. The summed E-state index contributed by atoms with van der Waals surface area (Å²) in [6, 6.07) is -0.232. The fraction of sp³-hybridized carbons (Fsp3) is 0.800. The summed E-state index contributed by atoms with van der Waals surface area (Å²) in [5.74, 6) is -0.177. The van der Waals surface area contributed by atoms with E-state index in [1.165, 1.54) is 6.92 Å². The van der Waals surface area contributed by atoms with Crippen molar-refractivity contribution in [3.63, 3.8) is 0 Å².